The van der Waals surface area contributed by atoms with Gasteiger partial charge in [0.1, 0.15) is 6.61 Å². The molecule has 14 heavy (non-hydrogen) atoms. The molecule has 4 heteroatoms. The van der Waals surface area contributed by atoms with Gasteiger partial charge in [-0.05, 0) is 18.3 Å². The Bertz CT molecular complexity index is 194. The van der Waals surface area contributed by atoms with E-state index in [9.17, 15) is 4.79 Å². The summed E-state index contributed by atoms with van der Waals surface area (Å²) < 4.78 is 4.84. The number of aliphatic hydroxyl groups excluding tert-OH is 1. The van der Waals surface area contributed by atoms with Crippen LogP contribution in [-0.4, -0.2) is 42.4 Å². The van der Waals surface area contributed by atoms with E-state index in [1.54, 1.807) is 4.90 Å². The number of carbonyl (C=O) groups excluding carboxylic acids is 1. The molecule has 0 aromatic heterocycles. The Morgan fingerprint density at radius 3 is 2.50 bits per heavy atom. The van der Waals surface area contributed by atoms with Crippen LogP contribution in [0.3, 0.4) is 0 Å². The molecule has 0 spiro atoms. The van der Waals surface area contributed by atoms with Crippen molar-refractivity contribution in [2.45, 2.75) is 26.7 Å². The van der Waals surface area contributed by atoms with Crippen LogP contribution in [0.4, 0.5) is 4.79 Å². The molecule has 0 aliphatic carbocycles. The van der Waals surface area contributed by atoms with Gasteiger partial charge in [-0.15, -0.1) is 0 Å². The van der Waals surface area contributed by atoms with Gasteiger partial charge in [-0.1, -0.05) is 13.8 Å². The number of hydrogen-bond acceptors (Lipinski definition) is 3. The molecule has 0 atom stereocenters. The first-order valence-electron chi connectivity index (χ1n) is 5.08. The molecule has 1 aliphatic heterocycles. The van der Waals surface area contributed by atoms with Gasteiger partial charge in [-0.3, -0.25) is 0 Å². The SMILES string of the molecule is CC1(C)CCN(C(=O)OCCO)CC1. The molecule has 4 nitrogen and oxygen atoms in total. The van der Waals surface area contributed by atoms with Crippen LogP contribution in [0.15, 0.2) is 0 Å². The number of rotatable bonds is 2. The molecule has 0 aromatic rings. The third-order valence-corrected chi connectivity index (χ3v) is 2.69. The molecule has 0 saturated carbocycles. The molecule has 82 valence electrons. The maximum absolute atomic E-state index is 11.4. The van der Waals surface area contributed by atoms with Crippen molar-refractivity contribution in [1.82, 2.24) is 4.90 Å². The number of carbonyl (C=O) groups is 1. The molecule has 0 radical (unpaired) electrons. The van der Waals surface area contributed by atoms with Crippen molar-refractivity contribution in [2.24, 2.45) is 5.41 Å². The first-order chi connectivity index (χ1) is 6.55. The number of likely N-dealkylation sites (tertiary alicyclic amines) is 1. The van der Waals surface area contributed by atoms with E-state index in [1.807, 2.05) is 0 Å². The normalized spacial score (nSPS) is 20.6. The Labute approximate surface area is 84.8 Å². The lowest BCUT2D eigenvalue weighted by Gasteiger charge is -2.36. The van der Waals surface area contributed by atoms with Crippen LogP contribution in [-0.2, 0) is 4.74 Å². The Morgan fingerprint density at radius 2 is 2.00 bits per heavy atom. The van der Waals surface area contributed by atoms with Crippen molar-refractivity contribution in [3.8, 4) is 0 Å². The van der Waals surface area contributed by atoms with Crippen LogP contribution in [0.2, 0.25) is 0 Å². The second kappa shape index (κ2) is 4.64. The molecule has 0 bridgehead atoms. The van der Waals surface area contributed by atoms with Crippen LogP contribution in [0, 0.1) is 5.41 Å². The van der Waals surface area contributed by atoms with Gasteiger partial charge in [0.25, 0.3) is 0 Å². The van der Waals surface area contributed by atoms with Gasteiger partial charge >= 0.3 is 6.09 Å². The third kappa shape index (κ3) is 3.18. The highest BCUT2D eigenvalue weighted by molar-refractivity contribution is 5.67. The van der Waals surface area contributed by atoms with Crippen LogP contribution in [0.1, 0.15) is 26.7 Å². The summed E-state index contributed by atoms with van der Waals surface area (Å²) in [5.41, 5.74) is 0.341. The lowest BCUT2D eigenvalue weighted by molar-refractivity contribution is 0.0632. The standard InChI is InChI=1S/C10H19NO3/c1-10(2)3-5-11(6-4-10)9(13)14-8-7-12/h12H,3-8H2,1-2H3. The minimum atomic E-state index is -0.297. The van der Waals surface area contributed by atoms with E-state index < -0.39 is 0 Å². The van der Waals surface area contributed by atoms with E-state index in [0.29, 0.717) is 5.41 Å². The van der Waals surface area contributed by atoms with Gasteiger partial charge in [0.2, 0.25) is 0 Å². The van der Waals surface area contributed by atoms with Gasteiger partial charge in [-0.2, -0.15) is 0 Å². The quantitative estimate of drug-likeness (QED) is 0.731. The summed E-state index contributed by atoms with van der Waals surface area (Å²) in [5.74, 6) is 0. The summed E-state index contributed by atoms with van der Waals surface area (Å²) in [5, 5.41) is 8.50. The highest BCUT2D eigenvalue weighted by Gasteiger charge is 2.28. The predicted molar refractivity (Wildman–Crippen MR) is 53.0 cm³/mol. The lowest BCUT2D eigenvalue weighted by Crippen LogP contribution is -2.41. The molecule has 0 aromatic carbocycles. The van der Waals surface area contributed by atoms with Gasteiger partial charge in [-0.25, -0.2) is 4.79 Å². The minimum absolute atomic E-state index is 0.0960. The monoisotopic (exact) mass is 201 g/mol. The zero-order valence-electron chi connectivity index (χ0n) is 8.95. The molecule has 0 unspecified atom stereocenters. The van der Waals surface area contributed by atoms with Crippen LogP contribution >= 0.6 is 0 Å². The minimum Gasteiger partial charge on any atom is -0.447 e. The predicted octanol–water partition coefficient (Wildman–Crippen LogP) is 1.24. The van der Waals surface area contributed by atoms with E-state index in [0.717, 1.165) is 25.9 Å². The van der Waals surface area contributed by atoms with E-state index in [4.69, 9.17) is 9.84 Å². The molecule has 1 saturated heterocycles. The van der Waals surface area contributed by atoms with Crippen molar-refractivity contribution in [3.63, 3.8) is 0 Å². The van der Waals surface area contributed by atoms with Gasteiger partial charge in [0.15, 0.2) is 0 Å². The van der Waals surface area contributed by atoms with Gasteiger partial charge in [0, 0.05) is 13.1 Å². The van der Waals surface area contributed by atoms with Crippen LogP contribution in [0.5, 0.6) is 0 Å². The smallest absolute Gasteiger partial charge is 0.409 e. The second-order valence-corrected chi connectivity index (χ2v) is 4.49. The van der Waals surface area contributed by atoms with Crippen LogP contribution in [0.25, 0.3) is 0 Å². The molecule has 1 heterocycles. The fourth-order valence-corrected chi connectivity index (χ4v) is 1.52. The molecular formula is C10H19NO3. The number of piperidine rings is 1. The van der Waals surface area contributed by atoms with Crippen molar-refractivity contribution >= 4 is 6.09 Å². The average molecular weight is 201 g/mol. The third-order valence-electron chi connectivity index (χ3n) is 2.69. The first kappa shape index (κ1) is 11.3. The topological polar surface area (TPSA) is 49.8 Å². The maximum Gasteiger partial charge on any atom is 0.409 e. The largest absolute Gasteiger partial charge is 0.447 e. The molecule has 1 amide bonds. The Balaban J connectivity index is 2.30. The number of amides is 1. The molecular weight excluding hydrogens is 182 g/mol. The molecule has 1 rings (SSSR count). The van der Waals surface area contributed by atoms with E-state index >= 15 is 0 Å². The summed E-state index contributed by atoms with van der Waals surface area (Å²) in [7, 11) is 0. The van der Waals surface area contributed by atoms with Gasteiger partial charge < -0.3 is 14.7 Å². The van der Waals surface area contributed by atoms with Crippen molar-refractivity contribution in [3.05, 3.63) is 0 Å². The number of nitrogens with zero attached hydrogens (tertiary/aromatic N) is 1. The van der Waals surface area contributed by atoms with E-state index in [2.05, 4.69) is 13.8 Å². The van der Waals surface area contributed by atoms with Gasteiger partial charge in [0.05, 0.1) is 6.61 Å². The summed E-state index contributed by atoms with van der Waals surface area (Å²) in [6.07, 6.45) is 1.73. The lowest BCUT2D eigenvalue weighted by atomic mass is 9.83. The molecule has 1 N–H and O–H groups in total. The fraction of sp³-hybridized carbons (Fsp3) is 0.900. The molecule has 1 fully saturated rings. The summed E-state index contributed by atoms with van der Waals surface area (Å²) in [4.78, 5) is 13.1. The second-order valence-electron chi connectivity index (χ2n) is 4.49. The van der Waals surface area contributed by atoms with E-state index in [1.165, 1.54) is 0 Å². The Kier molecular flexibility index (Phi) is 3.75. The summed E-state index contributed by atoms with van der Waals surface area (Å²) in [6, 6.07) is 0. The zero-order chi connectivity index (χ0) is 10.6. The molecule has 1 aliphatic rings. The fourth-order valence-electron chi connectivity index (χ4n) is 1.52. The number of hydrogen-bond donors (Lipinski definition) is 1. The maximum atomic E-state index is 11.4. The number of aliphatic hydroxyl groups is 1. The van der Waals surface area contributed by atoms with Crippen molar-refractivity contribution in [1.29, 1.82) is 0 Å². The van der Waals surface area contributed by atoms with Crippen molar-refractivity contribution in [2.75, 3.05) is 26.3 Å². The highest BCUT2D eigenvalue weighted by Crippen LogP contribution is 2.29. The first-order valence-corrected chi connectivity index (χ1v) is 5.08. The Morgan fingerprint density at radius 1 is 1.43 bits per heavy atom. The van der Waals surface area contributed by atoms with Crippen LogP contribution < -0.4 is 0 Å². The van der Waals surface area contributed by atoms with E-state index in [-0.39, 0.29) is 19.3 Å². The Hall–Kier alpha value is -0.770. The number of ether oxygens (including phenoxy) is 1. The summed E-state index contributed by atoms with van der Waals surface area (Å²) in [6.45, 7) is 5.94. The average Bonchev–Trinajstić information content (AvgIpc) is 2.14. The highest BCUT2D eigenvalue weighted by atomic mass is 16.6. The zero-order valence-corrected chi connectivity index (χ0v) is 8.95. The summed E-state index contributed by atoms with van der Waals surface area (Å²) >= 11 is 0. The van der Waals surface area contributed by atoms with Crippen molar-refractivity contribution < 1.29 is 14.6 Å².